The molecule has 0 amide bonds. The summed E-state index contributed by atoms with van der Waals surface area (Å²) >= 11 is 2.14. The fourth-order valence-corrected chi connectivity index (χ4v) is 4.93. The average Bonchev–Trinajstić information content (AvgIpc) is 3.16. The van der Waals surface area contributed by atoms with Gasteiger partial charge in [0.25, 0.3) is 0 Å². The number of halogens is 1. The zero-order chi connectivity index (χ0) is 37.1. The molecular formula is C42H39IO9. The van der Waals surface area contributed by atoms with Gasteiger partial charge < -0.3 is 23.7 Å². The second kappa shape index (κ2) is 21.1. The summed E-state index contributed by atoms with van der Waals surface area (Å²) in [5, 5.41) is 0. The van der Waals surface area contributed by atoms with Crippen molar-refractivity contribution >= 4 is 46.5 Å². The summed E-state index contributed by atoms with van der Waals surface area (Å²) in [4.78, 5) is 49.8. The molecule has 4 aromatic carbocycles. The second-order valence-corrected chi connectivity index (χ2v) is 12.7. The van der Waals surface area contributed by atoms with Crippen molar-refractivity contribution in [2.75, 3.05) is 19.8 Å². The molecule has 268 valence electrons. The summed E-state index contributed by atoms with van der Waals surface area (Å²) in [6.45, 7) is 6.52. The lowest BCUT2D eigenvalue weighted by Gasteiger charge is -2.12. The molecule has 10 heteroatoms. The van der Waals surface area contributed by atoms with Crippen LogP contribution < -0.4 is 14.2 Å². The van der Waals surface area contributed by atoms with E-state index in [9.17, 15) is 19.2 Å². The van der Waals surface area contributed by atoms with Gasteiger partial charge in [-0.1, -0.05) is 31.8 Å². The Morgan fingerprint density at radius 3 is 1.83 bits per heavy atom. The Bertz CT molecular complexity index is 1890. The van der Waals surface area contributed by atoms with Crippen molar-refractivity contribution in [1.82, 2.24) is 0 Å². The molecule has 0 aliphatic rings. The van der Waals surface area contributed by atoms with Crippen LogP contribution in [0, 0.1) is 15.4 Å². The molecule has 52 heavy (non-hydrogen) atoms. The van der Waals surface area contributed by atoms with E-state index in [1.165, 1.54) is 18.2 Å². The molecule has 4 aromatic rings. The third-order valence-corrected chi connectivity index (χ3v) is 8.16. The molecule has 0 bridgehead atoms. The second-order valence-electron chi connectivity index (χ2n) is 11.4. The Hall–Kier alpha value is -5.41. The van der Waals surface area contributed by atoms with Gasteiger partial charge in [-0.25, -0.2) is 19.2 Å². The molecule has 0 radical (unpaired) electrons. The minimum Gasteiger partial charge on any atom is -0.494 e. The number of carbonyl (C=O) groups is 4. The van der Waals surface area contributed by atoms with Gasteiger partial charge in [-0.3, -0.25) is 0 Å². The van der Waals surface area contributed by atoms with E-state index in [0.29, 0.717) is 30.8 Å². The zero-order valence-electron chi connectivity index (χ0n) is 28.9. The van der Waals surface area contributed by atoms with E-state index in [1.807, 2.05) is 31.2 Å². The number of hydrogen-bond acceptors (Lipinski definition) is 9. The normalized spacial score (nSPS) is 10.3. The van der Waals surface area contributed by atoms with E-state index < -0.39 is 23.9 Å². The first kappa shape index (κ1) is 39.4. The van der Waals surface area contributed by atoms with Crippen LogP contribution in [0.1, 0.15) is 87.6 Å². The highest BCUT2D eigenvalue weighted by Gasteiger charge is 2.20. The van der Waals surface area contributed by atoms with E-state index in [1.54, 1.807) is 48.5 Å². The topological polar surface area (TPSA) is 114 Å². The molecule has 0 aliphatic carbocycles. The number of esters is 4. The van der Waals surface area contributed by atoms with E-state index in [2.05, 4.69) is 41.0 Å². The van der Waals surface area contributed by atoms with Crippen LogP contribution >= 0.6 is 22.6 Å². The van der Waals surface area contributed by atoms with Crippen molar-refractivity contribution in [3.05, 3.63) is 135 Å². The fraction of sp³-hybridized carbons (Fsp3) is 0.238. The van der Waals surface area contributed by atoms with Crippen molar-refractivity contribution in [2.24, 2.45) is 0 Å². The van der Waals surface area contributed by atoms with Gasteiger partial charge in [0.1, 0.15) is 22.8 Å². The number of benzene rings is 4. The van der Waals surface area contributed by atoms with Gasteiger partial charge in [-0.2, -0.15) is 0 Å². The van der Waals surface area contributed by atoms with Crippen LogP contribution in [0.2, 0.25) is 0 Å². The van der Waals surface area contributed by atoms with Crippen molar-refractivity contribution in [1.29, 1.82) is 0 Å². The molecule has 0 saturated heterocycles. The van der Waals surface area contributed by atoms with Crippen molar-refractivity contribution in [3.8, 4) is 29.1 Å². The quantitative estimate of drug-likeness (QED) is 0.0258. The van der Waals surface area contributed by atoms with E-state index >= 15 is 0 Å². The summed E-state index contributed by atoms with van der Waals surface area (Å²) in [5.41, 5.74) is 2.05. The molecule has 0 saturated carbocycles. The van der Waals surface area contributed by atoms with Gasteiger partial charge >= 0.3 is 23.9 Å². The van der Waals surface area contributed by atoms with Crippen molar-refractivity contribution < 1.29 is 42.9 Å². The van der Waals surface area contributed by atoms with E-state index in [4.69, 9.17) is 23.7 Å². The zero-order valence-corrected chi connectivity index (χ0v) is 31.0. The van der Waals surface area contributed by atoms with Crippen molar-refractivity contribution in [3.63, 3.8) is 0 Å². The number of unbranched alkanes of at least 4 members (excludes halogenated alkanes) is 4. The third-order valence-electron chi connectivity index (χ3n) is 7.44. The van der Waals surface area contributed by atoms with Crippen LogP contribution in [0.3, 0.4) is 0 Å². The lowest BCUT2D eigenvalue weighted by atomic mass is 10.1. The maximum absolute atomic E-state index is 13.1. The Kier molecular flexibility index (Phi) is 16.0. The van der Waals surface area contributed by atoms with Crippen LogP contribution in [0.15, 0.2) is 104 Å². The monoisotopic (exact) mass is 814 g/mol. The van der Waals surface area contributed by atoms with Gasteiger partial charge in [0, 0.05) is 20.8 Å². The third kappa shape index (κ3) is 13.0. The number of hydrogen-bond donors (Lipinski definition) is 0. The van der Waals surface area contributed by atoms with Crippen LogP contribution in [-0.4, -0.2) is 43.7 Å². The molecule has 0 atom stereocenters. The van der Waals surface area contributed by atoms with Crippen molar-refractivity contribution in [2.45, 2.75) is 45.4 Å². The van der Waals surface area contributed by atoms with Gasteiger partial charge in [0.05, 0.1) is 30.9 Å². The highest BCUT2D eigenvalue weighted by atomic mass is 127. The number of carbonyl (C=O) groups excluding carboxylic acids is 4. The van der Waals surface area contributed by atoms with E-state index in [0.717, 1.165) is 53.1 Å². The molecule has 0 fully saturated rings. The smallest absolute Gasteiger partial charge is 0.343 e. The Morgan fingerprint density at radius 1 is 0.635 bits per heavy atom. The molecular weight excluding hydrogens is 775 g/mol. The summed E-state index contributed by atoms with van der Waals surface area (Å²) in [6, 6.07) is 25.1. The minimum absolute atomic E-state index is 0.0272. The number of rotatable bonds is 17. The fourth-order valence-electron chi connectivity index (χ4n) is 4.57. The Balaban J connectivity index is 1.32. The average molecular weight is 815 g/mol. The first-order chi connectivity index (χ1) is 25.2. The largest absolute Gasteiger partial charge is 0.494 e. The predicted octanol–water partition coefficient (Wildman–Crippen LogP) is 8.75. The summed E-state index contributed by atoms with van der Waals surface area (Å²) in [7, 11) is 0. The molecule has 0 aromatic heterocycles. The van der Waals surface area contributed by atoms with Crippen LogP contribution in [0.25, 0.3) is 0 Å². The summed E-state index contributed by atoms with van der Waals surface area (Å²) in [5.74, 6) is 4.64. The maximum atomic E-state index is 13.1. The molecule has 0 heterocycles. The van der Waals surface area contributed by atoms with Gasteiger partial charge in [0.15, 0.2) is 0 Å². The SMILES string of the molecule is C=CC(=O)OCCCCCCOc1ccc(C#Cc2ccc(C(=O)Oc3ccc(OC(=O)c4ccc(I)cc4)cc3C(=O)OCCCC)cc2)cc1. The first-order valence-electron chi connectivity index (χ1n) is 16.9. The van der Waals surface area contributed by atoms with Crippen LogP contribution in [0.4, 0.5) is 0 Å². The lowest BCUT2D eigenvalue weighted by Crippen LogP contribution is -2.14. The molecule has 0 N–H and O–H groups in total. The predicted molar refractivity (Wildman–Crippen MR) is 205 cm³/mol. The Morgan fingerprint density at radius 2 is 1.19 bits per heavy atom. The minimum atomic E-state index is -0.703. The molecule has 0 aliphatic heterocycles. The van der Waals surface area contributed by atoms with Gasteiger partial charge in [0.2, 0.25) is 0 Å². The molecule has 9 nitrogen and oxygen atoms in total. The van der Waals surface area contributed by atoms with Crippen LogP contribution in [0.5, 0.6) is 17.2 Å². The Labute approximate surface area is 317 Å². The highest BCUT2D eigenvalue weighted by Crippen LogP contribution is 2.27. The van der Waals surface area contributed by atoms with Gasteiger partial charge in [-0.05, 0) is 146 Å². The van der Waals surface area contributed by atoms with Gasteiger partial charge in [-0.15, -0.1) is 0 Å². The maximum Gasteiger partial charge on any atom is 0.343 e. The number of ether oxygens (including phenoxy) is 5. The molecule has 4 rings (SSSR count). The summed E-state index contributed by atoms with van der Waals surface area (Å²) in [6.07, 6.45) is 6.28. The molecule has 0 spiro atoms. The summed E-state index contributed by atoms with van der Waals surface area (Å²) < 4.78 is 28.2. The molecule has 0 unspecified atom stereocenters. The first-order valence-corrected chi connectivity index (χ1v) is 18.0. The standard InChI is InChI=1S/C42H39IO9/c1-3-5-26-50-42(47)37-29-36(51-40(45)33-18-20-34(43)21-19-33)24-25-38(37)52-41(46)32-16-12-30(13-17-32)10-11-31-14-22-35(23-15-31)48-27-8-6-7-9-28-49-39(44)4-2/h4,12-25,29H,2-3,5-9,26-28H2,1H3. The highest BCUT2D eigenvalue weighted by molar-refractivity contribution is 14.1. The van der Waals surface area contributed by atoms with Crippen LogP contribution in [-0.2, 0) is 14.3 Å². The van der Waals surface area contributed by atoms with E-state index in [-0.39, 0.29) is 29.2 Å². The lowest BCUT2D eigenvalue weighted by molar-refractivity contribution is -0.137.